The third-order valence-electron chi connectivity index (χ3n) is 1.70. The van der Waals surface area contributed by atoms with E-state index in [-0.39, 0.29) is 23.6 Å². The van der Waals surface area contributed by atoms with Crippen LogP contribution in [0, 0.1) is 11.6 Å². The van der Waals surface area contributed by atoms with Crippen molar-refractivity contribution in [3.63, 3.8) is 0 Å². The summed E-state index contributed by atoms with van der Waals surface area (Å²) in [4.78, 5) is 11.0. The Morgan fingerprint density at radius 1 is 1.47 bits per heavy atom. The lowest BCUT2D eigenvalue weighted by molar-refractivity contribution is -0.142. The summed E-state index contributed by atoms with van der Waals surface area (Å²) in [6, 6.07) is 2.13. The van der Waals surface area contributed by atoms with Gasteiger partial charge in [-0.2, -0.15) is 0 Å². The summed E-state index contributed by atoms with van der Waals surface area (Å²) in [5.74, 6) is -2.68. The number of carbonyl (C=O) groups is 1. The first-order valence-electron chi connectivity index (χ1n) is 4.33. The molecule has 0 saturated heterocycles. The van der Waals surface area contributed by atoms with Crippen molar-refractivity contribution in [1.29, 1.82) is 0 Å². The molecule has 0 spiro atoms. The molecule has 0 radical (unpaired) electrons. The van der Waals surface area contributed by atoms with Gasteiger partial charge in [0.05, 0.1) is 18.1 Å². The van der Waals surface area contributed by atoms with E-state index in [4.69, 9.17) is 11.6 Å². The van der Waals surface area contributed by atoms with Crippen LogP contribution < -0.4 is 0 Å². The van der Waals surface area contributed by atoms with Crippen LogP contribution in [-0.2, 0) is 16.0 Å². The molecule has 0 unspecified atom stereocenters. The lowest BCUT2D eigenvalue weighted by atomic mass is 10.1. The van der Waals surface area contributed by atoms with Crippen LogP contribution in [0.3, 0.4) is 0 Å². The summed E-state index contributed by atoms with van der Waals surface area (Å²) in [6.45, 7) is 1.91. The van der Waals surface area contributed by atoms with Crippen LogP contribution in [0.4, 0.5) is 8.78 Å². The second kappa shape index (κ2) is 5.07. The molecule has 1 aromatic carbocycles. The molecule has 0 heterocycles. The molecule has 15 heavy (non-hydrogen) atoms. The van der Waals surface area contributed by atoms with Crippen molar-refractivity contribution in [2.24, 2.45) is 0 Å². The molecule has 5 heteroatoms. The third-order valence-corrected chi connectivity index (χ3v) is 1.97. The van der Waals surface area contributed by atoms with Gasteiger partial charge in [-0.15, -0.1) is 0 Å². The van der Waals surface area contributed by atoms with E-state index >= 15 is 0 Å². The molecule has 2 nitrogen and oxygen atoms in total. The van der Waals surface area contributed by atoms with Gasteiger partial charge in [-0.3, -0.25) is 4.79 Å². The summed E-state index contributed by atoms with van der Waals surface area (Å²) < 4.78 is 30.3. The number of hydrogen-bond donors (Lipinski definition) is 0. The predicted octanol–water partition coefficient (Wildman–Crippen LogP) is 2.72. The maximum Gasteiger partial charge on any atom is 0.310 e. The summed E-state index contributed by atoms with van der Waals surface area (Å²) in [6.07, 6.45) is -0.120. The molecule has 1 rings (SSSR count). The van der Waals surface area contributed by atoms with Crippen LogP contribution in [-0.4, -0.2) is 12.6 Å². The minimum Gasteiger partial charge on any atom is -0.466 e. The molecule has 1 aromatic rings. The second-order valence-corrected chi connectivity index (χ2v) is 3.26. The highest BCUT2D eigenvalue weighted by atomic mass is 35.5. The monoisotopic (exact) mass is 234 g/mol. The van der Waals surface area contributed by atoms with Gasteiger partial charge in [0.15, 0.2) is 11.6 Å². The van der Waals surface area contributed by atoms with Crippen LogP contribution in [0.15, 0.2) is 12.1 Å². The molecular weight excluding hydrogens is 226 g/mol. The highest BCUT2D eigenvalue weighted by Crippen LogP contribution is 2.20. The minimum atomic E-state index is -1.11. The molecule has 82 valence electrons. The highest BCUT2D eigenvalue weighted by Gasteiger charge is 2.11. The molecule has 0 saturated carbocycles. The predicted molar refractivity (Wildman–Crippen MR) is 51.7 cm³/mol. The lowest BCUT2D eigenvalue weighted by Gasteiger charge is -2.03. The topological polar surface area (TPSA) is 26.3 Å². The third kappa shape index (κ3) is 3.16. The zero-order valence-corrected chi connectivity index (χ0v) is 8.78. The van der Waals surface area contributed by atoms with Gasteiger partial charge in [-0.25, -0.2) is 8.78 Å². The molecular formula is C10H9ClF2O2. The van der Waals surface area contributed by atoms with Gasteiger partial charge in [-0.1, -0.05) is 11.6 Å². The fourth-order valence-corrected chi connectivity index (χ4v) is 1.32. The van der Waals surface area contributed by atoms with Crippen molar-refractivity contribution in [2.45, 2.75) is 13.3 Å². The van der Waals surface area contributed by atoms with Crippen LogP contribution in [0.25, 0.3) is 0 Å². The van der Waals surface area contributed by atoms with Gasteiger partial charge in [0.1, 0.15) is 0 Å². The van der Waals surface area contributed by atoms with Gasteiger partial charge in [0, 0.05) is 0 Å². The maximum atomic E-state index is 12.9. The van der Waals surface area contributed by atoms with E-state index in [1.807, 2.05) is 0 Å². The number of carbonyl (C=O) groups excluding carboxylic acids is 1. The molecule has 0 N–H and O–H groups in total. The SMILES string of the molecule is CCOC(=O)Cc1cc(F)c(F)c(Cl)c1. The molecule has 0 aliphatic rings. The number of rotatable bonds is 3. The zero-order valence-electron chi connectivity index (χ0n) is 8.02. The van der Waals surface area contributed by atoms with Crippen molar-refractivity contribution < 1.29 is 18.3 Å². The van der Waals surface area contributed by atoms with Gasteiger partial charge >= 0.3 is 5.97 Å². The first-order chi connectivity index (χ1) is 7.04. The fourth-order valence-electron chi connectivity index (χ4n) is 1.09. The molecule has 0 aliphatic carbocycles. The minimum absolute atomic E-state index is 0.120. The Kier molecular flexibility index (Phi) is 4.03. The Bertz CT molecular complexity index is 357. The Labute approximate surface area is 90.8 Å². The number of esters is 1. The average Bonchev–Trinajstić information content (AvgIpc) is 2.14. The number of benzene rings is 1. The number of ether oxygens (including phenoxy) is 1. The molecule has 0 amide bonds. The largest absolute Gasteiger partial charge is 0.466 e. The van der Waals surface area contributed by atoms with Crippen molar-refractivity contribution in [1.82, 2.24) is 0 Å². The fraction of sp³-hybridized carbons (Fsp3) is 0.300. The smallest absolute Gasteiger partial charge is 0.310 e. The van der Waals surface area contributed by atoms with Crippen molar-refractivity contribution in [3.8, 4) is 0 Å². The first kappa shape index (κ1) is 11.9. The highest BCUT2D eigenvalue weighted by molar-refractivity contribution is 6.30. The Morgan fingerprint density at radius 2 is 2.13 bits per heavy atom. The van der Waals surface area contributed by atoms with E-state index in [0.29, 0.717) is 0 Å². The van der Waals surface area contributed by atoms with Crippen LogP contribution in [0.1, 0.15) is 12.5 Å². The summed E-state index contributed by atoms with van der Waals surface area (Å²) >= 11 is 5.41. The van der Waals surface area contributed by atoms with E-state index in [1.165, 1.54) is 6.07 Å². The quantitative estimate of drug-likeness (QED) is 0.594. The van der Waals surface area contributed by atoms with E-state index in [9.17, 15) is 13.6 Å². The average molecular weight is 235 g/mol. The molecule has 0 fully saturated rings. The molecule has 0 aromatic heterocycles. The second-order valence-electron chi connectivity index (χ2n) is 2.86. The maximum absolute atomic E-state index is 12.9. The zero-order chi connectivity index (χ0) is 11.4. The van der Waals surface area contributed by atoms with E-state index in [2.05, 4.69) is 4.74 Å². The van der Waals surface area contributed by atoms with Crippen LogP contribution in [0.2, 0.25) is 5.02 Å². The standard InChI is InChI=1S/C10H9ClF2O2/c1-2-15-9(14)5-6-3-7(11)10(13)8(12)4-6/h3-4H,2,5H2,1H3. The van der Waals surface area contributed by atoms with Gasteiger partial charge in [0.2, 0.25) is 0 Å². The van der Waals surface area contributed by atoms with Gasteiger partial charge in [-0.05, 0) is 24.6 Å². The van der Waals surface area contributed by atoms with E-state index < -0.39 is 17.6 Å². The summed E-state index contributed by atoms with van der Waals surface area (Å²) in [5.41, 5.74) is 0.289. The van der Waals surface area contributed by atoms with Gasteiger partial charge < -0.3 is 4.74 Å². The Balaban J connectivity index is 2.83. The van der Waals surface area contributed by atoms with Crippen molar-refractivity contribution >= 4 is 17.6 Å². The Morgan fingerprint density at radius 3 is 2.67 bits per heavy atom. The summed E-state index contributed by atoms with van der Waals surface area (Å²) in [5, 5.41) is -0.339. The number of hydrogen-bond acceptors (Lipinski definition) is 2. The van der Waals surface area contributed by atoms with Crippen LogP contribution in [0.5, 0.6) is 0 Å². The van der Waals surface area contributed by atoms with Gasteiger partial charge in [0.25, 0.3) is 0 Å². The molecule has 0 aliphatic heterocycles. The van der Waals surface area contributed by atoms with E-state index in [1.54, 1.807) is 6.92 Å². The molecule has 0 bridgehead atoms. The normalized spacial score (nSPS) is 10.1. The Hall–Kier alpha value is -1.16. The van der Waals surface area contributed by atoms with Crippen LogP contribution >= 0.6 is 11.6 Å². The summed E-state index contributed by atoms with van der Waals surface area (Å²) in [7, 11) is 0. The number of halogens is 3. The molecule has 0 atom stereocenters. The lowest BCUT2D eigenvalue weighted by Crippen LogP contribution is -2.08. The first-order valence-corrected chi connectivity index (χ1v) is 4.71. The van der Waals surface area contributed by atoms with Crippen molar-refractivity contribution in [3.05, 3.63) is 34.4 Å². The van der Waals surface area contributed by atoms with Crippen molar-refractivity contribution in [2.75, 3.05) is 6.61 Å². The van der Waals surface area contributed by atoms with E-state index in [0.717, 1.165) is 6.07 Å².